The highest BCUT2D eigenvalue weighted by Crippen LogP contribution is 2.29. The number of nitrogens with zero attached hydrogens (tertiary/aromatic N) is 2. The lowest BCUT2D eigenvalue weighted by Gasteiger charge is -2.23. The fraction of sp³-hybridized carbons (Fsp3) is 0.417. The maximum absolute atomic E-state index is 12.5. The Bertz CT molecular complexity index is 619. The summed E-state index contributed by atoms with van der Waals surface area (Å²) in [6, 6.07) is 6.20. The molecule has 0 bridgehead atoms. The fourth-order valence-electron chi connectivity index (χ4n) is 1.94. The molecule has 1 aromatic carbocycles. The molecule has 0 saturated carbocycles. The van der Waals surface area contributed by atoms with Crippen molar-refractivity contribution >= 4 is 33.4 Å². The number of hydrogen-bond donors (Lipinski definition) is 0. The molecule has 1 aromatic rings. The van der Waals surface area contributed by atoms with Gasteiger partial charge >= 0.3 is 0 Å². The molecule has 1 aliphatic rings. The van der Waals surface area contributed by atoms with Crippen molar-refractivity contribution in [3.8, 4) is 6.07 Å². The van der Waals surface area contributed by atoms with Crippen LogP contribution in [-0.2, 0) is 10.0 Å². The zero-order valence-corrected chi connectivity index (χ0v) is 12.7. The van der Waals surface area contributed by atoms with Crippen LogP contribution in [0.15, 0.2) is 23.1 Å². The van der Waals surface area contributed by atoms with E-state index in [1.807, 2.05) is 6.07 Å². The van der Waals surface area contributed by atoms with Crippen molar-refractivity contribution in [3.05, 3.63) is 28.8 Å². The van der Waals surface area contributed by atoms with Gasteiger partial charge in [0.2, 0.25) is 10.0 Å². The third kappa shape index (κ3) is 2.90. The lowest BCUT2D eigenvalue weighted by atomic mass is 10.2. The van der Waals surface area contributed by atoms with Crippen LogP contribution in [0.3, 0.4) is 0 Å². The summed E-state index contributed by atoms with van der Waals surface area (Å²) in [5.41, 5.74) is 0.350. The van der Waals surface area contributed by atoms with Crippen LogP contribution in [0.2, 0.25) is 5.02 Å². The fourth-order valence-corrected chi connectivity index (χ4v) is 5.20. The Labute approximate surface area is 122 Å². The second kappa shape index (κ2) is 5.71. The maximum atomic E-state index is 12.5. The van der Waals surface area contributed by atoms with Crippen molar-refractivity contribution in [2.24, 2.45) is 0 Å². The summed E-state index contributed by atoms with van der Waals surface area (Å²) in [4.78, 5) is 0.0626. The van der Waals surface area contributed by atoms with Gasteiger partial charge in [0.15, 0.2) is 0 Å². The molecule has 2 rings (SSSR count). The van der Waals surface area contributed by atoms with Crippen molar-refractivity contribution in [3.63, 3.8) is 0 Å². The van der Waals surface area contributed by atoms with E-state index in [0.29, 0.717) is 5.56 Å². The summed E-state index contributed by atoms with van der Waals surface area (Å²) < 4.78 is 26.4. The monoisotopic (exact) mass is 316 g/mol. The van der Waals surface area contributed by atoms with Crippen molar-refractivity contribution < 1.29 is 8.42 Å². The van der Waals surface area contributed by atoms with Crippen LogP contribution in [0.5, 0.6) is 0 Å². The number of rotatable bonds is 3. The van der Waals surface area contributed by atoms with Crippen molar-refractivity contribution in [2.45, 2.75) is 17.4 Å². The van der Waals surface area contributed by atoms with E-state index in [2.05, 4.69) is 0 Å². The Balaban J connectivity index is 2.36. The summed E-state index contributed by atoms with van der Waals surface area (Å²) in [6.07, 6.45) is 0.855. The van der Waals surface area contributed by atoms with Gasteiger partial charge in [0.1, 0.15) is 4.90 Å². The van der Waals surface area contributed by atoms with E-state index in [-0.39, 0.29) is 16.0 Å². The minimum atomic E-state index is -3.60. The lowest BCUT2D eigenvalue weighted by molar-refractivity contribution is 0.394. The quantitative estimate of drug-likeness (QED) is 0.858. The smallest absolute Gasteiger partial charge is 0.207 e. The second-order valence-electron chi connectivity index (χ2n) is 4.30. The third-order valence-corrected chi connectivity index (χ3v) is 6.68. The van der Waals surface area contributed by atoms with Gasteiger partial charge in [-0.25, -0.2) is 8.42 Å². The first-order valence-electron chi connectivity index (χ1n) is 5.72. The molecule has 1 heterocycles. The van der Waals surface area contributed by atoms with Crippen molar-refractivity contribution in [2.75, 3.05) is 18.6 Å². The molecule has 1 aliphatic heterocycles. The maximum Gasteiger partial charge on any atom is 0.244 e. The predicted octanol–water partition coefficient (Wildman–Crippen LogP) is 2.34. The summed E-state index contributed by atoms with van der Waals surface area (Å²) >= 11 is 7.73. The molecule has 7 heteroatoms. The number of thioether (sulfide) groups is 1. The van der Waals surface area contributed by atoms with Crippen molar-refractivity contribution in [1.29, 1.82) is 5.26 Å². The van der Waals surface area contributed by atoms with Crippen LogP contribution in [0.4, 0.5) is 0 Å². The van der Waals surface area contributed by atoms with Gasteiger partial charge < -0.3 is 0 Å². The van der Waals surface area contributed by atoms with Gasteiger partial charge in [-0.2, -0.15) is 21.3 Å². The molecule has 0 spiro atoms. The van der Waals surface area contributed by atoms with Gasteiger partial charge in [0.25, 0.3) is 0 Å². The van der Waals surface area contributed by atoms with E-state index >= 15 is 0 Å². The Kier molecular flexibility index (Phi) is 4.41. The normalized spacial score (nSPS) is 19.6. The van der Waals surface area contributed by atoms with Gasteiger partial charge in [-0.3, -0.25) is 0 Å². The van der Waals surface area contributed by atoms with Gasteiger partial charge in [-0.1, -0.05) is 11.6 Å². The van der Waals surface area contributed by atoms with Gasteiger partial charge in [0.05, 0.1) is 16.7 Å². The predicted molar refractivity (Wildman–Crippen MR) is 76.8 cm³/mol. The topological polar surface area (TPSA) is 61.2 Å². The molecule has 1 atom stereocenters. The summed E-state index contributed by atoms with van der Waals surface area (Å²) in [5.74, 6) is 1.79. The zero-order chi connectivity index (χ0) is 14.0. The summed E-state index contributed by atoms with van der Waals surface area (Å²) in [6.45, 7) is 0. The molecule has 1 fully saturated rings. The number of nitriles is 1. The molecule has 0 N–H and O–H groups in total. The van der Waals surface area contributed by atoms with E-state index in [1.54, 1.807) is 18.8 Å². The summed E-state index contributed by atoms with van der Waals surface area (Å²) in [5, 5.41) is 8.86. The largest absolute Gasteiger partial charge is 0.244 e. The van der Waals surface area contributed by atoms with E-state index in [1.165, 1.54) is 22.5 Å². The molecular formula is C12H13ClN2O2S2. The van der Waals surface area contributed by atoms with Gasteiger partial charge in [0, 0.05) is 18.8 Å². The zero-order valence-electron chi connectivity index (χ0n) is 10.3. The van der Waals surface area contributed by atoms with Crippen molar-refractivity contribution in [1.82, 2.24) is 4.31 Å². The standard InChI is InChI=1S/C12H13ClN2O2S2/c1-15(10-4-5-18-8-10)19(16,17)12-3-2-9(7-14)6-11(12)13/h2-3,6,10H,4-5,8H2,1H3. The molecule has 0 radical (unpaired) electrons. The third-order valence-electron chi connectivity index (χ3n) is 3.14. The van der Waals surface area contributed by atoms with Gasteiger partial charge in [-0.15, -0.1) is 0 Å². The number of hydrogen-bond acceptors (Lipinski definition) is 4. The average Bonchev–Trinajstić information content (AvgIpc) is 2.90. The minimum absolute atomic E-state index is 0.0155. The van der Waals surface area contributed by atoms with Crippen LogP contribution >= 0.6 is 23.4 Å². The van der Waals surface area contributed by atoms with E-state index in [4.69, 9.17) is 16.9 Å². The Morgan fingerprint density at radius 1 is 1.53 bits per heavy atom. The Hall–Kier alpha value is -0.740. The molecule has 0 aromatic heterocycles. The first kappa shape index (κ1) is 14.7. The second-order valence-corrected chi connectivity index (χ2v) is 7.82. The number of halogens is 1. The molecule has 1 unspecified atom stereocenters. The highest BCUT2D eigenvalue weighted by molar-refractivity contribution is 7.99. The average molecular weight is 317 g/mol. The number of sulfonamides is 1. The molecule has 102 valence electrons. The van der Waals surface area contributed by atoms with Crippen LogP contribution < -0.4 is 0 Å². The van der Waals surface area contributed by atoms with Gasteiger partial charge in [-0.05, 0) is 30.4 Å². The highest BCUT2D eigenvalue weighted by atomic mass is 35.5. The highest BCUT2D eigenvalue weighted by Gasteiger charge is 2.31. The van der Waals surface area contributed by atoms with Crippen LogP contribution in [-0.4, -0.2) is 37.3 Å². The van der Waals surface area contributed by atoms with Crippen LogP contribution in [0.25, 0.3) is 0 Å². The van der Waals surface area contributed by atoms with Crippen LogP contribution in [0, 0.1) is 11.3 Å². The molecule has 0 amide bonds. The SMILES string of the molecule is CN(C1CCSC1)S(=O)(=O)c1ccc(C#N)cc1Cl. The Morgan fingerprint density at radius 3 is 2.79 bits per heavy atom. The van der Waals surface area contributed by atoms with E-state index in [0.717, 1.165) is 17.9 Å². The molecule has 0 aliphatic carbocycles. The molecule has 19 heavy (non-hydrogen) atoms. The van der Waals surface area contributed by atoms with E-state index < -0.39 is 10.0 Å². The first-order chi connectivity index (χ1) is 8.96. The molecule has 1 saturated heterocycles. The van der Waals surface area contributed by atoms with E-state index in [9.17, 15) is 8.42 Å². The Morgan fingerprint density at radius 2 is 2.26 bits per heavy atom. The minimum Gasteiger partial charge on any atom is -0.207 e. The lowest BCUT2D eigenvalue weighted by Crippen LogP contribution is -2.37. The first-order valence-corrected chi connectivity index (χ1v) is 8.69. The number of benzene rings is 1. The molecular weight excluding hydrogens is 304 g/mol. The molecule has 4 nitrogen and oxygen atoms in total. The summed E-state index contributed by atoms with van der Waals surface area (Å²) in [7, 11) is -2.02. The van der Waals surface area contributed by atoms with Crippen LogP contribution in [0.1, 0.15) is 12.0 Å².